The van der Waals surface area contributed by atoms with Crippen LogP contribution in [-0.2, 0) is 0 Å². The number of halogens is 2. The van der Waals surface area contributed by atoms with Crippen LogP contribution in [0.3, 0.4) is 0 Å². The summed E-state index contributed by atoms with van der Waals surface area (Å²) in [6.45, 7) is 1.30. The van der Waals surface area contributed by atoms with Crippen molar-refractivity contribution in [3.8, 4) is 11.8 Å². The van der Waals surface area contributed by atoms with E-state index in [9.17, 15) is 8.78 Å². The first-order valence-electron chi connectivity index (χ1n) is 3.15. The summed E-state index contributed by atoms with van der Waals surface area (Å²) in [5, 5.41) is 17.1. The third kappa shape index (κ3) is 1.10. The molecule has 1 aromatic carbocycles. The molecular formula is C8H5F2NO. The molecule has 0 fully saturated rings. The van der Waals surface area contributed by atoms with Crippen molar-refractivity contribution in [3.63, 3.8) is 0 Å². The summed E-state index contributed by atoms with van der Waals surface area (Å²) in [6, 6.07) is 2.41. The number of nitrogens with zero attached hydrogens (tertiary/aromatic N) is 1. The number of aromatic hydroxyl groups is 1. The van der Waals surface area contributed by atoms with Crippen molar-refractivity contribution < 1.29 is 13.9 Å². The van der Waals surface area contributed by atoms with Gasteiger partial charge in [0.2, 0.25) is 0 Å². The molecule has 0 bridgehead atoms. The largest absolute Gasteiger partial charge is 0.503 e. The van der Waals surface area contributed by atoms with Gasteiger partial charge in [-0.3, -0.25) is 0 Å². The van der Waals surface area contributed by atoms with Crippen molar-refractivity contribution in [1.82, 2.24) is 0 Å². The number of phenolic OH excluding ortho intramolecular Hbond substituents is 1. The molecule has 0 amide bonds. The second-order valence-electron chi connectivity index (χ2n) is 2.31. The molecule has 0 atom stereocenters. The molecule has 0 spiro atoms. The summed E-state index contributed by atoms with van der Waals surface area (Å²) in [5.74, 6) is -3.23. The van der Waals surface area contributed by atoms with E-state index in [1.165, 1.54) is 6.92 Å². The first-order chi connectivity index (χ1) is 5.57. The highest BCUT2D eigenvalue weighted by Gasteiger charge is 2.13. The maximum Gasteiger partial charge on any atom is 0.188 e. The van der Waals surface area contributed by atoms with Crippen molar-refractivity contribution in [2.24, 2.45) is 0 Å². The quantitative estimate of drug-likeness (QED) is 0.644. The van der Waals surface area contributed by atoms with Gasteiger partial charge in [-0.15, -0.1) is 0 Å². The predicted octanol–water partition coefficient (Wildman–Crippen LogP) is 1.85. The van der Waals surface area contributed by atoms with Crippen LogP contribution in [0.2, 0.25) is 0 Å². The smallest absolute Gasteiger partial charge is 0.188 e. The van der Waals surface area contributed by atoms with E-state index in [0.717, 1.165) is 6.07 Å². The molecule has 12 heavy (non-hydrogen) atoms. The summed E-state index contributed by atoms with van der Waals surface area (Å²) < 4.78 is 25.4. The normalized spacial score (nSPS) is 9.50. The van der Waals surface area contributed by atoms with E-state index < -0.39 is 17.4 Å². The minimum absolute atomic E-state index is 0.0450. The highest BCUT2D eigenvalue weighted by atomic mass is 19.1. The molecule has 2 nitrogen and oxygen atoms in total. The van der Waals surface area contributed by atoms with Crippen molar-refractivity contribution in [1.29, 1.82) is 5.26 Å². The van der Waals surface area contributed by atoms with E-state index in [4.69, 9.17) is 10.4 Å². The molecular weight excluding hydrogens is 164 g/mol. The van der Waals surface area contributed by atoms with Gasteiger partial charge < -0.3 is 5.11 Å². The molecule has 0 saturated carbocycles. The van der Waals surface area contributed by atoms with Crippen molar-refractivity contribution >= 4 is 0 Å². The average molecular weight is 169 g/mol. The first-order valence-corrected chi connectivity index (χ1v) is 3.15. The Bertz CT molecular complexity index is 368. The second kappa shape index (κ2) is 2.78. The topological polar surface area (TPSA) is 44.0 Å². The molecule has 0 aliphatic rings. The number of phenols is 1. The van der Waals surface area contributed by atoms with Gasteiger partial charge in [0.15, 0.2) is 17.4 Å². The molecule has 1 aromatic rings. The van der Waals surface area contributed by atoms with Gasteiger partial charge in [0.1, 0.15) is 0 Å². The van der Waals surface area contributed by atoms with E-state index in [0.29, 0.717) is 0 Å². The standard InChI is InChI=1S/C8H5F2NO/c1-4-5(3-11)2-6(9)8(12)7(4)10/h2,12H,1H3. The van der Waals surface area contributed by atoms with Gasteiger partial charge in [-0.25, -0.2) is 8.78 Å². The number of nitriles is 1. The Balaban J connectivity index is 3.52. The molecule has 0 aliphatic carbocycles. The fourth-order valence-electron chi connectivity index (χ4n) is 0.820. The van der Waals surface area contributed by atoms with Gasteiger partial charge in [-0.2, -0.15) is 5.26 Å². The van der Waals surface area contributed by atoms with Crippen LogP contribution in [0.25, 0.3) is 0 Å². The van der Waals surface area contributed by atoms with Crippen LogP contribution in [0, 0.1) is 29.9 Å². The number of benzene rings is 1. The van der Waals surface area contributed by atoms with Gasteiger partial charge in [-0.1, -0.05) is 0 Å². The molecule has 0 unspecified atom stereocenters. The van der Waals surface area contributed by atoms with Gasteiger partial charge in [0.05, 0.1) is 11.6 Å². The molecule has 1 rings (SSSR count). The Morgan fingerprint density at radius 3 is 2.58 bits per heavy atom. The highest BCUT2D eigenvalue weighted by Crippen LogP contribution is 2.25. The molecule has 0 aliphatic heterocycles. The van der Waals surface area contributed by atoms with E-state index >= 15 is 0 Å². The van der Waals surface area contributed by atoms with Crippen LogP contribution in [0.1, 0.15) is 11.1 Å². The van der Waals surface area contributed by atoms with E-state index in [-0.39, 0.29) is 11.1 Å². The Morgan fingerprint density at radius 1 is 1.50 bits per heavy atom. The molecule has 4 heteroatoms. The van der Waals surface area contributed by atoms with Gasteiger partial charge >= 0.3 is 0 Å². The van der Waals surface area contributed by atoms with E-state index in [2.05, 4.69) is 0 Å². The SMILES string of the molecule is Cc1c(C#N)cc(F)c(O)c1F. The van der Waals surface area contributed by atoms with Gasteiger partial charge in [0.25, 0.3) is 0 Å². The molecule has 0 saturated heterocycles. The van der Waals surface area contributed by atoms with Crippen molar-refractivity contribution in [3.05, 3.63) is 28.8 Å². The lowest BCUT2D eigenvalue weighted by Gasteiger charge is -2.01. The van der Waals surface area contributed by atoms with Crippen LogP contribution in [0.4, 0.5) is 8.78 Å². The van der Waals surface area contributed by atoms with Crippen LogP contribution in [0.15, 0.2) is 6.07 Å². The molecule has 1 N–H and O–H groups in total. The Labute approximate surface area is 67.7 Å². The minimum atomic E-state index is -1.12. The third-order valence-corrected chi connectivity index (χ3v) is 1.56. The fourth-order valence-corrected chi connectivity index (χ4v) is 0.820. The zero-order valence-electron chi connectivity index (χ0n) is 6.23. The molecule has 0 radical (unpaired) electrons. The predicted molar refractivity (Wildman–Crippen MR) is 37.5 cm³/mol. The summed E-state index contributed by atoms with van der Waals surface area (Å²) in [5.41, 5.74) is -0.154. The average Bonchev–Trinajstić information content (AvgIpc) is 2.08. The molecule has 0 heterocycles. The van der Waals surface area contributed by atoms with Crippen LogP contribution >= 0.6 is 0 Å². The summed E-state index contributed by atoms with van der Waals surface area (Å²) in [7, 11) is 0. The highest BCUT2D eigenvalue weighted by molar-refractivity contribution is 5.43. The van der Waals surface area contributed by atoms with Crippen molar-refractivity contribution in [2.75, 3.05) is 0 Å². The summed E-state index contributed by atoms with van der Waals surface area (Å²) >= 11 is 0. The van der Waals surface area contributed by atoms with Crippen LogP contribution < -0.4 is 0 Å². The van der Waals surface area contributed by atoms with E-state index in [1.807, 2.05) is 0 Å². The lowest BCUT2D eigenvalue weighted by atomic mass is 10.1. The summed E-state index contributed by atoms with van der Waals surface area (Å²) in [6.07, 6.45) is 0. The lowest BCUT2D eigenvalue weighted by molar-refractivity contribution is 0.394. The number of rotatable bonds is 0. The maximum absolute atomic E-state index is 12.8. The van der Waals surface area contributed by atoms with Gasteiger partial charge in [0, 0.05) is 5.56 Å². The fraction of sp³-hybridized carbons (Fsp3) is 0.125. The number of hydrogen-bond acceptors (Lipinski definition) is 2. The van der Waals surface area contributed by atoms with E-state index in [1.54, 1.807) is 6.07 Å². The van der Waals surface area contributed by atoms with Crippen molar-refractivity contribution in [2.45, 2.75) is 6.92 Å². The maximum atomic E-state index is 12.8. The summed E-state index contributed by atoms with van der Waals surface area (Å²) in [4.78, 5) is 0. The Kier molecular flexibility index (Phi) is 1.96. The Hall–Kier alpha value is -1.63. The molecule has 62 valence electrons. The third-order valence-electron chi connectivity index (χ3n) is 1.56. The lowest BCUT2D eigenvalue weighted by Crippen LogP contribution is -1.92. The monoisotopic (exact) mass is 169 g/mol. The van der Waals surface area contributed by atoms with Crippen LogP contribution in [-0.4, -0.2) is 5.11 Å². The molecule has 0 aromatic heterocycles. The zero-order valence-corrected chi connectivity index (χ0v) is 6.23. The van der Waals surface area contributed by atoms with Crippen LogP contribution in [0.5, 0.6) is 5.75 Å². The Morgan fingerprint density at radius 2 is 2.08 bits per heavy atom. The minimum Gasteiger partial charge on any atom is -0.503 e. The zero-order chi connectivity index (χ0) is 9.30. The first kappa shape index (κ1) is 8.47. The van der Waals surface area contributed by atoms with Gasteiger partial charge in [-0.05, 0) is 13.0 Å². The second-order valence-corrected chi connectivity index (χ2v) is 2.31. The number of hydrogen-bond donors (Lipinski definition) is 1.